The van der Waals surface area contributed by atoms with E-state index in [4.69, 9.17) is 4.74 Å². The summed E-state index contributed by atoms with van der Waals surface area (Å²) in [6.07, 6.45) is 11.5. The highest BCUT2D eigenvalue weighted by Gasteiger charge is 2.32. The number of hydrogen-bond acceptors (Lipinski definition) is 3. The number of ether oxygens (including phenoxy) is 1. The first-order valence-electron chi connectivity index (χ1n) is 8.19. The Morgan fingerprint density at radius 1 is 1.16 bits per heavy atom. The maximum atomic E-state index is 5.77. The molecule has 19 heavy (non-hydrogen) atoms. The zero-order chi connectivity index (χ0) is 13.6. The minimum absolute atomic E-state index is 0.488. The molecule has 2 aliphatic rings. The second-order valence-electron chi connectivity index (χ2n) is 6.78. The topological polar surface area (TPSA) is 24.5 Å². The minimum atomic E-state index is 0.488. The highest BCUT2D eigenvalue weighted by atomic mass is 16.5. The monoisotopic (exact) mass is 268 g/mol. The summed E-state index contributed by atoms with van der Waals surface area (Å²) in [5.41, 5.74) is 0.499. The summed E-state index contributed by atoms with van der Waals surface area (Å²) in [5, 5.41) is 3.45. The molecule has 1 heterocycles. The van der Waals surface area contributed by atoms with Crippen molar-refractivity contribution in [3.05, 3.63) is 0 Å². The van der Waals surface area contributed by atoms with Crippen molar-refractivity contribution < 1.29 is 4.74 Å². The van der Waals surface area contributed by atoms with Gasteiger partial charge in [0.1, 0.15) is 0 Å². The maximum Gasteiger partial charge on any atom is 0.0702 e. The van der Waals surface area contributed by atoms with Crippen molar-refractivity contribution in [3.63, 3.8) is 0 Å². The average molecular weight is 268 g/mol. The Morgan fingerprint density at radius 3 is 2.47 bits per heavy atom. The second kappa shape index (κ2) is 7.61. The molecule has 0 bridgehead atoms. The Kier molecular flexibility index (Phi) is 6.11. The first kappa shape index (κ1) is 15.3. The Hall–Kier alpha value is -0.120. The fourth-order valence-electron chi connectivity index (χ4n) is 4.02. The van der Waals surface area contributed by atoms with Crippen LogP contribution < -0.4 is 5.32 Å². The molecule has 3 heteroatoms. The first-order chi connectivity index (χ1) is 9.24. The lowest BCUT2D eigenvalue weighted by molar-refractivity contribution is 0.0608. The summed E-state index contributed by atoms with van der Waals surface area (Å²) >= 11 is 0. The summed E-state index contributed by atoms with van der Waals surface area (Å²) in [7, 11) is 4.39. The van der Waals surface area contributed by atoms with Gasteiger partial charge in [0.15, 0.2) is 0 Å². The van der Waals surface area contributed by atoms with Gasteiger partial charge in [-0.2, -0.15) is 0 Å². The lowest BCUT2D eigenvalue weighted by atomic mass is 9.79. The quantitative estimate of drug-likeness (QED) is 0.750. The zero-order valence-electron chi connectivity index (χ0n) is 12.9. The molecule has 0 aromatic rings. The van der Waals surface area contributed by atoms with E-state index in [9.17, 15) is 0 Å². The third kappa shape index (κ3) is 4.73. The smallest absolute Gasteiger partial charge is 0.0702 e. The molecule has 0 aromatic heterocycles. The maximum absolute atomic E-state index is 5.77. The van der Waals surface area contributed by atoms with Crippen molar-refractivity contribution in [3.8, 4) is 0 Å². The first-order valence-corrected chi connectivity index (χ1v) is 8.19. The largest absolute Gasteiger partial charge is 0.377 e. The van der Waals surface area contributed by atoms with Crippen molar-refractivity contribution in [2.75, 3.05) is 40.3 Å². The highest BCUT2D eigenvalue weighted by molar-refractivity contribution is 4.86. The van der Waals surface area contributed by atoms with Crippen LogP contribution in [0.25, 0.3) is 0 Å². The Bertz CT molecular complexity index is 243. The van der Waals surface area contributed by atoms with Crippen molar-refractivity contribution in [1.29, 1.82) is 0 Å². The molecule has 0 spiro atoms. The summed E-state index contributed by atoms with van der Waals surface area (Å²) in [6.45, 7) is 4.49. The van der Waals surface area contributed by atoms with Gasteiger partial charge in [-0.3, -0.25) is 0 Å². The van der Waals surface area contributed by atoms with Crippen LogP contribution in [0, 0.1) is 5.41 Å². The van der Waals surface area contributed by atoms with Crippen molar-refractivity contribution in [1.82, 2.24) is 10.2 Å². The van der Waals surface area contributed by atoms with E-state index >= 15 is 0 Å². The molecule has 1 saturated carbocycles. The number of nitrogens with zero attached hydrogens (tertiary/aromatic N) is 1. The Balaban J connectivity index is 1.86. The van der Waals surface area contributed by atoms with Gasteiger partial charge in [-0.1, -0.05) is 25.7 Å². The third-order valence-electron chi connectivity index (χ3n) is 4.86. The molecule has 2 fully saturated rings. The summed E-state index contributed by atoms with van der Waals surface area (Å²) < 4.78 is 5.77. The van der Waals surface area contributed by atoms with Crippen LogP contribution in [0.5, 0.6) is 0 Å². The van der Waals surface area contributed by atoms with Crippen LogP contribution >= 0.6 is 0 Å². The fraction of sp³-hybridized carbons (Fsp3) is 1.00. The second-order valence-corrected chi connectivity index (χ2v) is 6.78. The molecule has 0 aromatic carbocycles. The van der Waals surface area contributed by atoms with E-state index in [1.54, 1.807) is 0 Å². The number of rotatable bonds is 6. The minimum Gasteiger partial charge on any atom is -0.377 e. The normalized spacial score (nSPS) is 27.6. The number of hydrogen-bond donors (Lipinski definition) is 1. The lowest BCUT2D eigenvalue weighted by Crippen LogP contribution is -2.44. The molecule has 112 valence electrons. The summed E-state index contributed by atoms with van der Waals surface area (Å²) in [6, 6.07) is 0. The van der Waals surface area contributed by atoms with Gasteiger partial charge in [0.2, 0.25) is 0 Å². The SMILES string of the molecule is CNCC1(CN(C)CC2CCCO2)CCCCCC1. The van der Waals surface area contributed by atoms with Gasteiger partial charge >= 0.3 is 0 Å². The summed E-state index contributed by atoms with van der Waals surface area (Å²) in [4.78, 5) is 2.53. The van der Waals surface area contributed by atoms with Gasteiger partial charge in [0, 0.05) is 26.2 Å². The zero-order valence-corrected chi connectivity index (χ0v) is 12.9. The highest BCUT2D eigenvalue weighted by Crippen LogP contribution is 2.35. The van der Waals surface area contributed by atoms with Crippen LogP contribution in [0.1, 0.15) is 51.4 Å². The van der Waals surface area contributed by atoms with E-state index in [0.29, 0.717) is 11.5 Å². The molecule has 2 rings (SSSR count). The van der Waals surface area contributed by atoms with E-state index in [1.165, 1.54) is 64.5 Å². The molecule has 1 atom stereocenters. The van der Waals surface area contributed by atoms with Crippen molar-refractivity contribution >= 4 is 0 Å². The van der Waals surface area contributed by atoms with E-state index < -0.39 is 0 Å². The molecule has 1 aliphatic carbocycles. The van der Waals surface area contributed by atoms with Crippen molar-refractivity contribution in [2.24, 2.45) is 5.41 Å². The predicted octanol–water partition coefficient (Wildman–Crippen LogP) is 2.66. The van der Waals surface area contributed by atoms with Gasteiger partial charge in [-0.25, -0.2) is 0 Å². The molecule has 1 unspecified atom stereocenters. The van der Waals surface area contributed by atoms with Crippen molar-refractivity contribution in [2.45, 2.75) is 57.5 Å². The standard InChI is InChI=1S/C16H32N2O/c1-17-13-16(9-5-3-4-6-10-16)14-18(2)12-15-8-7-11-19-15/h15,17H,3-14H2,1-2H3. The molecule has 1 aliphatic heterocycles. The van der Waals surface area contributed by atoms with Gasteiger partial charge in [-0.05, 0) is 45.2 Å². The molecular weight excluding hydrogens is 236 g/mol. The van der Waals surface area contributed by atoms with Crippen LogP contribution in [-0.4, -0.2) is 51.3 Å². The van der Waals surface area contributed by atoms with Crippen LogP contribution in [0.4, 0.5) is 0 Å². The lowest BCUT2D eigenvalue weighted by Gasteiger charge is -2.37. The van der Waals surface area contributed by atoms with Crippen LogP contribution in [0.2, 0.25) is 0 Å². The molecule has 3 nitrogen and oxygen atoms in total. The Morgan fingerprint density at radius 2 is 1.89 bits per heavy atom. The third-order valence-corrected chi connectivity index (χ3v) is 4.86. The van der Waals surface area contributed by atoms with Crippen LogP contribution in [0.15, 0.2) is 0 Å². The van der Waals surface area contributed by atoms with Gasteiger partial charge in [0.25, 0.3) is 0 Å². The molecule has 0 amide bonds. The van der Waals surface area contributed by atoms with Gasteiger partial charge < -0.3 is 15.0 Å². The average Bonchev–Trinajstić information content (AvgIpc) is 2.76. The van der Waals surface area contributed by atoms with E-state index in [2.05, 4.69) is 24.3 Å². The van der Waals surface area contributed by atoms with Gasteiger partial charge in [0.05, 0.1) is 6.10 Å². The van der Waals surface area contributed by atoms with E-state index in [0.717, 1.165) is 13.2 Å². The molecule has 1 N–H and O–H groups in total. The van der Waals surface area contributed by atoms with E-state index in [-0.39, 0.29) is 0 Å². The molecule has 1 saturated heterocycles. The fourth-order valence-corrected chi connectivity index (χ4v) is 4.02. The molecule has 0 radical (unpaired) electrons. The molecular formula is C16H32N2O. The summed E-state index contributed by atoms with van der Waals surface area (Å²) in [5.74, 6) is 0. The predicted molar refractivity (Wildman–Crippen MR) is 80.5 cm³/mol. The van der Waals surface area contributed by atoms with Crippen LogP contribution in [-0.2, 0) is 4.74 Å². The van der Waals surface area contributed by atoms with E-state index in [1.807, 2.05) is 0 Å². The van der Waals surface area contributed by atoms with Crippen LogP contribution in [0.3, 0.4) is 0 Å². The Labute approximate surface area is 119 Å². The van der Waals surface area contributed by atoms with Gasteiger partial charge in [-0.15, -0.1) is 0 Å². The number of nitrogens with one attached hydrogen (secondary N) is 1. The number of likely N-dealkylation sites (N-methyl/N-ethyl adjacent to an activating group) is 1.